The van der Waals surface area contributed by atoms with Gasteiger partial charge in [0.05, 0.1) is 6.54 Å². The Morgan fingerprint density at radius 3 is 2.82 bits per heavy atom. The Balaban J connectivity index is 1.28. The molecule has 0 bridgehead atoms. The average Bonchev–Trinajstić information content (AvgIpc) is 3.35. The number of aromatic nitrogens is 4. The largest absolute Gasteiger partial charge is 0.445 e. The Labute approximate surface area is 163 Å². The Morgan fingerprint density at radius 1 is 1.04 bits per heavy atom. The Hall–Kier alpha value is -2.96. The molecule has 0 radical (unpaired) electrons. The summed E-state index contributed by atoms with van der Waals surface area (Å²) in [6.45, 7) is 1.93. The summed E-state index contributed by atoms with van der Waals surface area (Å²) >= 11 is 0. The van der Waals surface area contributed by atoms with Crippen LogP contribution in [0.15, 0.2) is 34.7 Å². The van der Waals surface area contributed by atoms with Gasteiger partial charge in [-0.3, -0.25) is 4.79 Å². The molecule has 1 aromatic carbocycles. The Morgan fingerprint density at radius 2 is 1.93 bits per heavy atom. The molecule has 0 saturated heterocycles. The number of carbonyl (C=O) groups is 1. The lowest BCUT2D eigenvalue weighted by Gasteiger charge is -2.25. The summed E-state index contributed by atoms with van der Waals surface area (Å²) in [4.78, 5) is 19.5. The van der Waals surface area contributed by atoms with Gasteiger partial charge in [0.2, 0.25) is 5.82 Å². The number of fused-ring (bicyclic) bond motifs is 2. The number of amides is 1. The fourth-order valence-corrected chi connectivity index (χ4v) is 4.04. The molecular formula is C21H23N5O2. The topological polar surface area (TPSA) is 77.0 Å². The van der Waals surface area contributed by atoms with E-state index in [0.717, 1.165) is 61.8 Å². The van der Waals surface area contributed by atoms with E-state index in [4.69, 9.17) is 4.42 Å². The minimum Gasteiger partial charge on any atom is -0.445 e. The van der Waals surface area contributed by atoms with Crippen LogP contribution in [0.5, 0.6) is 0 Å². The van der Waals surface area contributed by atoms with Crippen molar-refractivity contribution in [2.75, 3.05) is 6.54 Å². The van der Waals surface area contributed by atoms with Gasteiger partial charge >= 0.3 is 0 Å². The zero-order valence-corrected chi connectivity index (χ0v) is 15.8. The maximum absolute atomic E-state index is 13.0. The van der Waals surface area contributed by atoms with E-state index in [-0.39, 0.29) is 5.91 Å². The second kappa shape index (κ2) is 7.22. The molecule has 0 N–H and O–H groups in total. The van der Waals surface area contributed by atoms with Crippen LogP contribution in [0.3, 0.4) is 0 Å². The predicted molar refractivity (Wildman–Crippen MR) is 102 cm³/mol. The maximum atomic E-state index is 13.0. The van der Waals surface area contributed by atoms with E-state index in [1.54, 1.807) is 0 Å². The first-order chi connectivity index (χ1) is 13.8. The summed E-state index contributed by atoms with van der Waals surface area (Å²) in [7, 11) is 0. The van der Waals surface area contributed by atoms with Gasteiger partial charge in [-0.05, 0) is 24.8 Å². The van der Waals surface area contributed by atoms with Crippen LogP contribution in [0, 0.1) is 0 Å². The molecule has 5 rings (SSSR count). The van der Waals surface area contributed by atoms with Crippen molar-refractivity contribution in [3.63, 3.8) is 0 Å². The predicted octanol–water partition coefficient (Wildman–Crippen LogP) is 2.59. The normalized spacial score (nSPS) is 15.9. The first kappa shape index (κ1) is 17.2. The molecule has 0 unspecified atom stereocenters. The standard InChI is InChI=1S/C21H23N5O2/c27-21(20-24-23-18-8-4-5-12-26(18)20)25-13-11-17-16(14-25)22-19(28-17)10-9-15-6-2-1-3-7-15/h1-3,6-7H,4-5,8-14H2. The van der Waals surface area contributed by atoms with Gasteiger partial charge < -0.3 is 13.9 Å². The van der Waals surface area contributed by atoms with Gasteiger partial charge in [-0.15, -0.1) is 10.2 Å². The molecule has 1 amide bonds. The van der Waals surface area contributed by atoms with Gasteiger partial charge in [0.15, 0.2) is 5.89 Å². The molecule has 0 fully saturated rings. The van der Waals surface area contributed by atoms with Crippen LogP contribution in [0.4, 0.5) is 0 Å². The van der Waals surface area contributed by atoms with Gasteiger partial charge in [-0.2, -0.15) is 0 Å². The first-order valence-electron chi connectivity index (χ1n) is 10.0. The fourth-order valence-electron chi connectivity index (χ4n) is 4.04. The van der Waals surface area contributed by atoms with Crippen molar-refractivity contribution in [1.82, 2.24) is 24.6 Å². The van der Waals surface area contributed by atoms with Crippen molar-refractivity contribution in [2.24, 2.45) is 0 Å². The SMILES string of the molecule is O=C(c1nnc2n1CCCC2)N1CCc2oc(CCc3ccccc3)nc2C1. The van der Waals surface area contributed by atoms with Gasteiger partial charge in [0, 0.05) is 32.4 Å². The van der Waals surface area contributed by atoms with Crippen molar-refractivity contribution in [1.29, 1.82) is 0 Å². The lowest BCUT2D eigenvalue weighted by molar-refractivity contribution is 0.0708. The van der Waals surface area contributed by atoms with E-state index in [9.17, 15) is 4.79 Å². The molecule has 7 heteroatoms. The van der Waals surface area contributed by atoms with E-state index >= 15 is 0 Å². The van der Waals surface area contributed by atoms with Crippen LogP contribution in [0.25, 0.3) is 0 Å². The molecule has 2 aromatic heterocycles. The molecule has 2 aliphatic rings. The van der Waals surface area contributed by atoms with Crippen LogP contribution in [-0.2, 0) is 38.8 Å². The molecule has 0 saturated carbocycles. The minimum absolute atomic E-state index is 0.0554. The monoisotopic (exact) mass is 377 g/mol. The minimum atomic E-state index is -0.0554. The van der Waals surface area contributed by atoms with Crippen molar-refractivity contribution < 1.29 is 9.21 Å². The van der Waals surface area contributed by atoms with E-state index in [1.807, 2.05) is 27.7 Å². The highest BCUT2D eigenvalue weighted by atomic mass is 16.4. The van der Waals surface area contributed by atoms with Crippen LogP contribution in [0.2, 0.25) is 0 Å². The molecule has 7 nitrogen and oxygen atoms in total. The fraction of sp³-hybridized carbons (Fsp3) is 0.429. The number of hydrogen-bond acceptors (Lipinski definition) is 5. The molecular weight excluding hydrogens is 354 g/mol. The van der Waals surface area contributed by atoms with Crippen molar-refractivity contribution >= 4 is 5.91 Å². The molecule has 2 aliphatic heterocycles. The molecule has 28 heavy (non-hydrogen) atoms. The number of oxazole rings is 1. The summed E-state index contributed by atoms with van der Waals surface area (Å²) < 4.78 is 7.94. The lowest BCUT2D eigenvalue weighted by atomic mass is 10.1. The van der Waals surface area contributed by atoms with Gasteiger partial charge in [-0.1, -0.05) is 30.3 Å². The highest BCUT2D eigenvalue weighted by Crippen LogP contribution is 2.23. The van der Waals surface area contributed by atoms with Crippen LogP contribution < -0.4 is 0 Å². The molecule has 3 aromatic rings. The third-order valence-corrected chi connectivity index (χ3v) is 5.58. The molecule has 0 aliphatic carbocycles. The van der Waals surface area contributed by atoms with E-state index < -0.39 is 0 Å². The first-order valence-corrected chi connectivity index (χ1v) is 10.0. The molecule has 0 atom stereocenters. The molecule has 4 heterocycles. The number of rotatable bonds is 4. The quantitative estimate of drug-likeness (QED) is 0.698. The third-order valence-electron chi connectivity index (χ3n) is 5.58. The van der Waals surface area contributed by atoms with Gasteiger partial charge in [0.1, 0.15) is 17.3 Å². The highest BCUT2D eigenvalue weighted by Gasteiger charge is 2.30. The van der Waals surface area contributed by atoms with Crippen molar-refractivity contribution in [3.8, 4) is 0 Å². The zero-order valence-electron chi connectivity index (χ0n) is 15.8. The van der Waals surface area contributed by atoms with Gasteiger partial charge in [-0.25, -0.2) is 4.98 Å². The van der Waals surface area contributed by atoms with Crippen LogP contribution in [-0.4, -0.2) is 37.1 Å². The lowest BCUT2D eigenvalue weighted by Crippen LogP contribution is -2.37. The maximum Gasteiger partial charge on any atom is 0.292 e. The van der Waals surface area contributed by atoms with E-state index in [2.05, 4.69) is 27.3 Å². The summed E-state index contributed by atoms with van der Waals surface area (Å²) in [5.41, 5.74) is 2.15. The number of aryl methyl sites for hydroxylation is 3. The summed E-state index contributed by atoms with van der Waals surface area (Å²) in [6.07, 6.45) is 5.45. The Kier molecular flexibility index (Phi) is 4.43. The summed E-state index contributed by atoms with van der Waals surface area (Å²) in [6, 6.07) is 10.3. The summed E-state index contributed by atoms with van der Waals surface area (Å²) in [5, 5.41) is 8.38. The van der Waals surface area contributed by atoms with E-state index in [1.165, 1.54) is 5.56 Å². The van der Waals surface area contributed by atoms with Crippen LogP contribution >= 0.6 is 0 Å². The summed E-state index contributed by atoms with van der Waals surface area (Å²) in [5.74, 6) is 3.00. The van der Waals surface area contributed by atoms with Gasteiger partial charge in [0.25, 0.3) is 5.91 Å². The van der Waals surface area contributed by atoms with Crippen molar-refractivity contribution in [2.45, 2.75) is 51.6 Å². The highest BCUT2D eigenvalue weighted by molar-refractivity contribution is 5.90. The zero-order chi connectivity index (χ0) is 18.9. The van der Waals surface area contributed by atoms with Crippen molar-refractivity contribution in [3.05, 3.63) is 64.9 Å². The smallest absolute Gasteiger partial charge is 0.292 e. The number of carbonyl (C=O) groups excluding carboxylic acids is 1. The second-order valence-corrected chi connectivity index (χ2v) is 7.49. The third kappa shape index (κ3) is 3.21. The second-order valence-electron chi connectivity index (χ2n) is 7.49. The van der Waals surface area contributed by atoms with E-state index in [0.29, 0.717) is 25.3 Å². The molecule has 144 valence electrons. The van der Waals surface area contributed by atoms with Crippen LogP contribution in [0.1, 0.15) is 52.2 Å². The number of nitrogens with zero attached hydrogens (tertiary/aromatic N) is 5. The number of hydrogen-bond donors (Lipinski definition) is 0. The Bertz CT molecular complexity index is 992. The average molecular weight is 377 g/mol. The molecule has 0 spiro atoms. The number of benzene rings is 1.